The van der Waals surface area contributed by atoms with Crippen molar-refractivity contribution < 1.29 is 9.59 Å². The molecule has 2 amide bonds. The third kappa shape index (κ3) is 5.86. The molecule has 0 atom stereocenters. The van der Waals surface area contributed by atoms with E-state index in [0.717, 1.165) is 0 Å². The van der Waals surface area contributed by atoms with Crippen molar-refractivity contribution in [3.8, 4) is 22.5 Å². The maximum absolute atomic E-state index is 13.1. The molecule has 0 saturated heterocycles. The van der Waals surface area contributed by atoms with Gasteiger partial charge in [-0.15, -0.1) is 22.7 Å². The number of hydrogen-bond acceptors (Lipinski definition) is 6. The molecule has 3 aromatic carbocycles. The molecule has 6 nitrogen and oxygen atoms in total. The van der Waals surface area contributed by atoms with Crippen LogP contribution in [0, 0.1) is 0 Å². The van der Waals surface area contributed by atoms with E-state index in [9.17, 15) is 9.59 Å². The molecule has 12 heteroatoms. The molecule has 5 rings (SSSR count). The third-order valence-electron chi connectivity index (χ3n) is 5.28. The predicted molar refractivity (Wildman–Crippen MR) is 157 cm³/mol. The largest absolute Gasteiger partial charge is 0.298 e. The highest BCUT2D eigenvalue weighted by atomic mass is 35.5. The molecular formula is C26H14Cl4N4O2S2. The Hall–Kier alpha value is -2.98. The zero-order valence-electron chi connectivity index (χ0n) is 19.0. The average Bonchev–Trinajstić information content (AvgIpc) is 3.54. The van der Waals surface area contributed by atoms with Crippen LogP contribution in [0.2, 0.25) is 20.1 Å². The molecule has 5 aromatic rings. The van der Waals surface area contributed by atoms with Gasteiger partial charge < -0.3 is 0 Å². The zero-order chi connectivity index (χ0) is 26.8. The van der Waals surface area contributed by atoms with Crippen LogP contribution in [0.1, 0.15) is 20.7 Å². The molecule has 2 heterocycles. The normalized spacial score (nSPS) is 10.8. The van der Waals surface area contributed by atoms with E-state index in [1.54, 1.807) is 71.4 Å². The third-order valence-corrected chi connectivity index (χ3v) is 7.89. The SMILES string of the molecule is O=C(Nc1nc(-c2ccc(Cl)cc2Cl)cs1)c1ccccc1C(=O)Nc1nc(-c2ccc(Cl)cc2Cl)cs1. The molecule has 0 bridgehead atoms. The van der Waals surface area contributed by atoms with E-state index in [1.807, 2.05) is 0 Å². The van der Waals surface area contributed by atoms with Crippen LogP contribution in [0.3, 0.4) is 0 Å². The molecule has 2 N–H and O–H groups in total. The Bertz CT molecular complexity index is 1560. The number of rotatable bonds is 6. The first-order valence-electron chi connectivity index (χ1n) is 10.8. The van der Waals surface area contributed by atoms with Gasteiger partial charge in [-0.25, -0.2) is 9.97 Å². The van der Waals surface area contributed by atoms with E-state index in [-0.39, 0.29) is 11.1 Å². The highest BCUT2D eigenvalue weighted by Crippen LogP contribution is 2.34. The Labute approximate surface area is 245 Å². The minimum absolute atomic E-state index is 0.184. The van der Waals surface area contributed by atoms with Crippen molar-refractivity contribution in [1.29, 1.82) is 0 Å². The number of nitrogens with zero attached hydrogens (tertiary/aromatic N) is 2. The van der Waals surface area contributed by atoms with Gasteiger partial charge in [-0.2, -0.15) is 0 Å². The molecule has 2 aromatic heterocycles. The number of amides is 2. The van der Waals surface area contributed by atoms with Gasteiger partial charge in [-0.1, -0.05) is 58.5 Å². The first-order chi connectivity index (χ1) is 18.3. The minimum atomic E-state index is -0.480. The lowest BCUT2D eigenvalue weighted by molar-refractivity contribution is 0.0990. The van der Waals surface area contributed by atoms with E-state index in [1.165, 1.54) is 22.7 Å². The summed E-state index contributed by atoms with van der Waals surface area (Å²) in [6.45, 7) is 0. The minimum Gasteiger partial charge on any atom is -0.298 e. The Morgan fingerprint density at radius 1 is 0.632 bits per heavy atom. The topological polar surface area (TPSA) is 84.0 Å². The highest BCUT2D eigenvalue weighted by molar-refractivity contribution is 7.14. The van der Waals surface area contributed by atoms with Crippen molar-refractivity contribution in [3.05, 3.63) is 103 Å². The number of benzene rings is 3. The molecule has 0 aliphatic carbocycles. The lowest BCUT2D eigenvalue weighted by Crippen LogP contribution is -2.20. The highest BCUT2D eigenvalue weighted by Gasteiger charge is 2.20. The van der Waals surface area contributed by atoms with Crippen LogP contribution in [0.4, 0.5) is 10.3 Å². The maximum Gasteiger partial charge on any atom is 0.258 e. The molecule has 0 spiro atoms. The van der Waals surface area contributed by atoms with Crippen molar-refractivity contribution in [1.82, 2.24) is 9.97 Å². The summed E-state index contributed by atoms with van der Waals surface area (Å²) in [5.74, 6) is -0.960. The predicted octanol–water partition coefficient (Wildman–Crippen LogP) is 9.05. The first-order valence-corrected chi connectivity index (χ1v) is 14.1. The van der Waals surface area contributed by atoms with Gasteiger partial charge in [0.05, 0.1) is 32.6 Å². The first kappa shape index (κ1) is 26.6. The monoisotopic (exact) mass is 618 g/mol. The van der Waals surface area contributed by atoms with Gasteiger partial charge in [-0.3, -0.25) is 20.2 Å². The smallest absolute Gasteiger partial charge is 0.258 e. The van der Waals surface area contributed by atoms with Crippen molar-refractivity contribution in [2.45, 2.75) is 0 Å². The van der Waals surface area contributed by atoms with Crippen LogP contribution in [-0.4, -0.2) is 21.8 Å². The number of thiazole rings is 2. The Balaban J connectivity index is 1.32. The van der Waals surface area contributed by atoms with Crippen molar-refractivity contribution in [3.63, 3.8) is 0 Å². The van der Waals surface area contributed by atoms with E-state index in [0.29, 0.717) is 52.9 Å². The number of nitrogens with one attached hydrogen (secondary N) is 2. The van der Waals surface area contributed by atoms with Crippen LogP contribution < -0.4 is 10.6 Å². The molecule has 0 aliphatic heterocycles. The van der Waals surface area contributed by atoms with E-state index < -0.39 is 11.8 Å². The van der Waals surface area contributed by atoms with Gasteiger partial charge in [0.25, 0.3) is 11.8 Å². The number of carbonyl (C=O) groups excluding carboxylic acids is 2. The van der Waals surface area contributed by atoms with Crippen LogP contribution >= 0.6 is 69.1 Å². The van der Waals surface area contributed by atoms with Crippen LogP contribution in [-0.2, 0) is 0 Å². The Morgan fingerprint density at radius 3 is 1.45 bits per heavy atom. The summed E-state index contributed by atoms with van der Waals surface area (Å²) in [6, 6.07) is 16.7. The van der Waals surface area contributed by atoms with Crippen molar-refractivity contribution in [2.75, 3.05) is 10.6 Å². The molecule has 0 fully saturated rings. The van der Waals surface area contributed by atoms with Gasteiger partial charge in [-0.05, 0) is 48.5 Å². The van der Waals surface area contributed by atoms with Crippen LogP contribution in [0.5, 0.6) is 0 Å². The summed E-state index contributed by atoms with van der Waals surface area (Å²) in [4.78, 5) is 35.1. The van der Waals surface area contributed by atoms with Crippen molar-refractivity contribution >= 4 is 91.2 Å². The van der Waals surface area contributed by atoms with Crippen LogP contribution in [0.25, 0.3) is 22.5 Å². The quantitative estimate of drug-likeness (QED) is 0.198. The zero-order valence-corrected chi connectivity index (χ0v) is 23.6. The van der Waals surface area contributed by atoms with E-state index in [4.69, 9.17) is 46.4 Å². The summed E-state index contributed by atoms with van der Waals surface area (Å²) >= 11 is 27.0. The van der Waals surface area contributed by atoms with Gasteiger partial charge in [0.15, 0.2) is 10.3 Å². The molecule has 0 aliphatic rings. The second kappa shape index (κ2) is 11.4. The number of anilines is 2. The molecule has 0 saturated carbocycles. The Kier molecular flexibility index (Phi) is 7.99. The molecular weight excluding hydrogens is 606 g/mol. The van der Waals surface area contributed by atoms with Gasteiger partial charge in [0.1, 0.15) is 0 Å². The Morgan fingerprint density at radius 2 is 1.05 bits per heavy atom. The standard InChI is InChI=1S/C26H14Cl4N4O2S2/c27-13-5-7-17(19(29)9-13)21-11-37-25(31-21)33-23(35)15-3-1-2-4-16(15)24(36)34-26-32-22(12-38-26)18-8-6-14(28)10-20(18)30/h1-12H,(H,31,33,35)(H,32,34,36). The lowest BCUT2D eigenvalue weighted by atomic mass is 10.1. The number of hydrogen-bond donors (Lipinski definition) is 2. The van der Waals surface area contributed by atoms with E-state index in [2.05, 4.69) is 20.6 Å². The summed E-state index contributed by atoms with van der Waals surface area (Å²) in [5.41, 5.74) is 2.94. The van der Waals surface area contributed by atoms with Gasteiger partial charge in [0, 0.05) is 31.9 Å². The summed E-state index contributed by atoms with van der Waals surface area (Å²) in [7, 11) is 0. The van der Waals surface area contributed by atoms with Crippen molar-refractivity contribution in [2.24, 2.45) is 0 Å². The van der Waals surface area contributed by atoms with Crippen LogP contribution in [0.15, 0.2) is 71.4 Å². The van der Waals surface area contributed by atoms with E-state index >= 15 is 0 Å². The van der Waals surface area contributed by atoms with Gasteiger partial charge >= 0.3 is 0 Å². The maximum atomic E-state index is 13.1. The number of halogens is 4. The fourth-order valence-electron chi connectivity index (χ4n) is 3.51. The summed E-state index contributed by atoms with van der Waals surface area (Å²) < 4.78 is 0. The fraction of sp³-hybridized carbons (Fsp3) is 0. The molecule has 0 radical (unpaired) electrons. The number of aromatic nitrogens is 2. The average molecular weight is 620 g/mol. The van der Waals surface area contributed by atoms with Gasteiger partial charge in [0.2, 0.25) is 0 Å². The fourth-order valence-corrected chi connectivity index (χ4v) is 5.93. The second-order valence-corrected chi connectivity index (χ2v) is 11.2. The second-order valence-electron chi connectivity index (χ2n) is 7.78. The molecule has 0 unspecified atom stereocenters. The lowest BCUT2D eigenvalue weighted by Gasteiger charge is -2.08. The molecule has 190 valence electrons. The molecule has 38 heavy (non-hydrogen) atoms. The summed E-state index contributed by atoms with van der Waals surface area (Å²) in [6.07, 6.45) is 0. The summed E-state index contributed by atoms with van der Waals surface area (Å²) in [5, 5.41) is 11.7. The number of carbonyl (C=O) groups is 2.